The Hall–Kier alpha value is -4.31. The molecule has 0 radical (unpaired) electrons. The van der Waals surface area contributed by atoms with E-state index in [1.165, 1.54) is 30.3 Å². The number of fused-ring (bicyclic) bond motifs is 2. The maximum atomic E-state index is 12.8. The smallest absolute Gasteiger partial charge is 0.262 e. The van der Waals surface area contributed by atoms with Crippen LogP contribution in [0.3, 0.4) is 0 Å². The van der Waals surface area contributed by atoms with Crippen molar-refractivity contribution in [2.45, 2.75) is 4.90 Å². The number of benzene rings is 3. The van der Waals surface area contributed by atoms with Crippen molar-refractivity contribution in [3.05, 3.63) is 88.7 Å². The average molecular weight is 477 g/mol. The Balaban J connectivity index is 1.32. The zero-order valence-electron chi connectivity index (χ0n) is 17.7. The normalized spacial score (nSPS) is 12.8. The van der Waals surface area contributed by atoms with E-state index in [0.29, 0.717) is 47.0 Å². The van der Waals surface area contributed by atoms with Crippen LogP contribution in [0.25, 0.3) is 10.9 Å². The van der Waals surface area contributed by atoms with Gasteiger partial charge in [-0.3, -0.25) is 14.3 Å². The number of carbonyl (C=O) groups is 1. The molecule has 34 heavy (non-hydrogen) atoms. The van der Waals surface area contributed by atoms with Crippen molar-refractivity contribution in [1.29, 1.82) is 0 Å². The van der Waals surface area contributed by atoms with E-state index in [0.717, 1.165) is 0 Å². The predicted octanol–water partition coefficient (Wildman–Crippen LogP) is 3.35. The van der Waals surface area contributed by atoms with Crippen molar-refractivity contribution in [2.24, 2.45) is 0 Å². The number of carbonyl (C=O) groups excluding carboxylic acids is 1. The molecule has 10 heteroatoms. The molecule has 1 amide bonds. The van der Waals surface area contributed by atoms with Crippen LogP contribution in [0.5, 0.6) is 11.5 Å². The third kappa shape index (κ3) is 4.30. The summed E-state index contributed by atoms with van der Waals surface area (Å²) >= 11 is 0. The van der Waals surface area contributed by atoms with E-state index in [4.69, 9.17) is 9.47 Å². The van der Waals surface area contributed by atoms with E-state index >= 15 is 0 Å². The maximum Gasteiger partial charge on any atom is 0.262 e. The minimum absolute atomic E-state index is 0.0373. The topological polar surface area (TPSA) is 127 Å². The number of para-hydroxylation sites is 1. The maximum absolute atomic E-state index is 12.8. The lowest BCUT2D eigenvalue weighted by Crippen LogP contribution is -2.17. The van der Waals surface area contributed by atoms with E-state index in [-0.39, 0.29) is 16.0 Å². The fraction of sp³-hybridized carbons (Fsp3) is 0.0833. The Morgan fingerprint density at radius 1 is 0.853 bits per heavy atom. The van der Waals surface area contributed by atoms with Crippen molar-refractivity contribution in [3.8, 4) is 11.5 Å². The van der Waals surface area contributed by atoms with Crippen LogP contribution in [-0.4, -0.2) is 32.5 Å². The minimum Gasteiger partial charge on any atom is -0.486 e. The summed E-state index contributed by atoms with van der Waals surface area (Å²) in [4.78, 5) is 27.4. The SMILES string of the molecule is O=C(Nc1ccc(NS(=O)(=O)c2ccc3c(c2)OCCO3)cc1)c1cc(=O)[nH]c2ccccc12. The standard InChI is InChI=1S/C24H19N3O6S/c28-23-14-19(18-3-1-2-4-20(18)26-23)24(29)25-15-5-7-16(8-6-15)27-34(30,31)17-9-10-21-22(13-17)33-12-11-32-21/h1-10,13-14,27H,11-12H2,(H,25,29)(H,26,28). The van der Waals surface area contributed by atoms with Gasteiger partial charge in [-0.2, -0.15) is 0 Å². The van der Waals surface area contributed by atoms with Crippen molar-refractivity contribution in [3.63, 3.8) is 0 Å². The van der Waals surface area contributed by atoms with E-state index in [1.54, 1.807) is 42.5 Å². The first kappa shape index (κ1) is 21.5. The highest BCUT2D eigenvalue weighted by atomic mass is 32.2. The van der Waals surface area contributed by atoms with E-state index < -0.39 is 15.9 Å². The van der Waals surface area contributed by atoms with Gasteiger partial charge in [0.15, 0.2) is 11.5 Å². The zero-order valence-corrected chi connectivity index (χ0v) is 18.5. The van der Waals surface area contributed by atoms with Gasteiger partial charge in [-0.05, 0) is 42.5 Å². The first-order valence-electron chi connectivity index (χ1n) is 10.3. The highest BCUT2D eigenvalue weighted by molar-refractivity contribution is 7.92. The van der Waals surface area contributed by atoms with Gasteiger partial charge in [0.2, 0.25) is 5.56 Å². The number of rotatable bonds is 5. The number of amides is 1. The third-order valence-corrected chi connectivity index (χ3v) is 6.59. The number of hydrogen-bond acceptors (Lipinski definition) is 6. The fourth-order valence-electron chi connectivity index (χ4n) is 3.62. The van der Waals surface area contributed by atoms with Crippen molar-refractivity contribution in [1.82, 2.24) is 4.98 Å². The van der Waals surface area contributed by atoms with Crippen LogP contribution in [0.15, 0.2) is 82.5 Å². The summed E-state index contributed by atoms with van der Waals surface area (Å²) in [5.74, 6) is 0.421. The molecule has 2 heterocycles. The third-order valence-electron chi connectivity index (χ3n) is 5.21. The number of aromatic amines is 1. The minimum atomic E-state index is -3.87. The molecule has 0 saturated carbocycles. The first-order valence-corrected chi connectivity index (χ1v) is 11.8. The summed E-state index contributed by atoms with van der Waals surface area (Å²) in [6, 6.07) is 18.9. The number of H-pyrrole nitrogens is 1. The number of nitrogens with one attached hydrogen (secondary N) is 3. The lowest BCUT2D eigenvalue weighted by atomic mass is 10.1. The van der Waals surface area contributed by atoms with Gasteiger partial charge in [0.1, 0.15) is 13.2 Å². The van der Waals surface area contributed by atoms with E-state index in [1.807, 2.05) is 0 Å². The number of pyridine rings is 1. The molecule has 172 valence electrons. The van der Waals surface area contributed by atoms with Gasteiger partial charge in [0.25, 0.3) is 15.9 Å². The van der Waals surface area contributed by atoms with Crippen LogP contribution < -0.4 is 25.1 Å². The molecule has 0 fully saturated rings. The number of hydrogen-bond donors (Lipinski definition) is 3. The van der Waals surface area contributed by atoms with Crippen LogP contribution in [0.2, 0.25) is 0 Å². The van der Waals surface area contributed by atoms with Crippen LogP contribution in [0.1, 0.15) is 10.4 Å². The Morgan fingerprint density at radius 3 is 2.35 bits per heavy atom. The molecule has 0 saturated heterocycles. The van der Waals surface area contributed by atoms with Gasteiger partial charge in [-0.25, -0.2) is 8.42 Å². The monoisotopic (exact) mass is 477 g/mol. The van der Waals surface area contributed by atoms with E-state index in [2.05, 4.69) is 15.0 Å². The summed E-state index contributed by atoms with van der Waals surface area (Å²) < 4.78 is 38.9. The Labute approximate surface area is 194 Å². The molecule has 1 aliphatic heterocycles. The Kier molecular flexibility index (Phi) is 5.42. The molecule has 0 spiro atoms. The van der Waals surface area contributed by atoms with Crippen molar-refractivity contribution < 1.29 is 22.7 Å². The van der Waals surface area contributed by atoms with Gasteiger partial charge in [0, 0.05) is 34.4 Å². The lowest BCUT2D eigenvalue weighted by Gasteiger charge is -2.19. The van der Waals surface area contributed by atoms with E-state index in [9.17, 15) is 18.0 Å². The molecule has 3 aromatic carbocycles. The van der Waals surface area contributed by atoms with Crippen LogP contribution in [-0.2, 0) is 10.0 Å². The number of anilines is 2. The predicted molar refractivity (Wildman–Crippen MR) is 127 cm³/mol. The number of sulfonamides is 1. The summed E-state index contributed by atoms with van der Waals surface area (Å²) in [6.07, 6.45) is 0. The highest BCUT2D eigenvalue weighted by Gasteiger charge is 2.20. The summed E-state index contributed by atoms with van der Waals surface area (Å²) in [6.45, 7) is 0.765. The van der Waals surface area contributed by atoms with Crippen molar-refractivity contribution >= 4 is 38.2 Å². The Morgan fingerprint density at radius 2 is 1.56 bits per heavy atom. The van der Waals surface area contributed by atoms with Gasteiger partial charge >= 0.3 is 0 Å². The largest absolute Gasteiger partial charge is 0.486 e. The van der Waals surface area contributed by atoms with Crippen LogP contribution in [0, 0.1) is 0 Å². The second kappa shape index (κ2) is 8.56. The molecular formula is C24H19N3O6S. The molecule has 0 aliphatic carbocycles. The lowest BCUT2D eigenvalue weighted by molar-refractivity contribution is 0.102. The fourth-order valence-corrected chi connectivity index (χ4v) is 4.69. The second-order valence-corrected chi connectivity index (χ2v) is 9.22. The first-order chi connectivity index (χ1) is 16.4. The van der Waals surface area contributed by atoms with Gasteiger partial charge in [0.05, 0.1) is 10.5 Å². The number of ether oxygens (including phenoxy) is 2. The molecule has 5 rings (SSSR count). The Bertz CT molecular complexity index is 1560. The molecule has 1 aliphatic rings. The molecule has 4 aromatic rings. The molecule has 0 unspecified atom stereocenters. The molecule has 0 atom stereocenters. The van der Waals surface area contributed by atoms with Crippen LogP contribution in [0.4, 0.5) is 11.4 Å². The van der Waals surface area contributed by atoms with Crippen molar-refractivity contribution in [2.75, 3.05) is 23.3 Å². The second-order valence-electron chi connectivity index (χ2n) is 7.54. The summed E-state index contributed by atoms with van der Waals surface area (Å²) in [5.41, 5.74) is 1.17. The average Bonchev–Trinajstić information content (AvgIpc) is 2.84. The zero-order chi connectivity index (χ0) is 23.7. The quantitative estimate of drug-likeness (QED) is 0.405. The van der Waals surface area contributed by atoms with Crippen LogP contribution >= 0.6 is 0 Å². The molecule has 0 bridgehead atoms. The van der Waals surface area contributed by atoms with Gasteiger partial charge < -0.3 is 19.8 Å². The molecular weight excluding hydrogens is 458 g/mol. The van der Waals surface area contributed by atoms with Gasteiger partial charge in [-0.15, -0.1) is 0 Å². The molecule has 9 nitrogen and oxygen atoms in total. The number of aromatic nitrogens is 1. The highest BCUT2D eigenvalue weighted by Crippen LogP contribution is 2.32. The molecule has 1 aromatic heterocycles. The summed E-state index contributed by atoms with van der Waals surface area (Å²) in [5, 5.41) is 3.35. The van der Waals surface area contributed by atoms with Gasteiger partial charge in [-0.1, -0.05) is 18.2 Å². The molecule has 3 N–H and O–H groups in total. The summed E-state index contributed by atoms with van der Waals surface area (Å²) in [7, 11) is -3.87.